The molecule has 8 aromatic rings. The summed E-state index contributed by atoms with van der Waals surface area (Å²) in [4.78, 5) is 4.72. The van der Waals surface area contributed by atoms with Crippen LogP contribution in [-0.4, -0.2) is 0 Å². The minimum atomic E-state index is 1.10. The van der Waals surface area contributed by atoms with E-state index in [0.29, 0.717) is 0 Å². The lowest BCUT2D eigenvalue weighted by molar-refractivity contribution is 1.25. The molecule has 0 N–H and O–H groups in total. The molecule has 0 bridgehead atoms. The lowest BCUT2D eigenvalue weighted by atomic mass is 9.96. The van der Waals surface area contributed by atoms with E-state index >= 15 is 0 Å². The third-order valence-electron chi connectivity index (χ3n) is 8.90. The Morgan fingerprint density at radius 2 is 0.851 bits per heavy atom. The van der Waals surface area contributed by atoms with Crippen LogP contribution in [0.3, 0.4) is 0 Å². The molecule has 0 atom stereocenters. The molecule has 0 radical (unpaired) electrons. The molecule has 1 heterocycles. The van der Waals surface area contributed by atoms with Crippen molar-refractivity contribution in [2.45, 2.75) is 13.8 Å². The minimum absolute atomic E-state index is 1.10. The van der Waals surface area contributed by atoms with E-state index < -0.39 is 0 Å². The van der Waals surface area contributed by atoms with Crippen molar-refractivity contribution in [3.8, 4) is 11.1 Å². The van der Waals surface area contributed by atoms with Gasteiger partial charge in [0.15, 0.2) is 0 Å². The summed E-state index contributed by atoms with van der Waals surface area (Å²) in [5.74, 6) is 0. The fourth-order valence-electron chi connectivity index (χ4n) is 6.64. The number of hydrogen-bond donors (Lipinski definition) is 0. The minimum Gasteiger partial charge on any atom is -0.310 e. The van der Waals surface area contributed by atoms with Crippen LogP contribution in [0.2, 0.25) is 0 Å². The molecular formula is C44H34N2S. The highest BCUT2D eigenvalue weighted by atomic mass is 32.1. The second-order valence-electron chi connectivity index (χ2n) is 12.0. The lowest BCUT2D eigenvalue weighted by Gasteiger charge is -2.30. The average Bonchev–Trinajstić information content (AvgIpc) is 3.48. The van der Waals surface area contributed by atoms with Crippen LogP contribution in [-0.2, 0) is 0 Å². The second kappa shape index (κ2) is 12.3. The molecule has 47 heavy (non-hydrogen) atoms. The number of thiophene rings is 1. The van der Waals surface area contributed by atoms with Crippen LogP contribution in [0.5, 0.6) is 0 Å². The summed E-state index contributed by atoms with van der Waals surface area (Å²) in [5.41, 5.74) is 11.8. The number of nitrogens with zero attached hydrogens (tertiary/aromatic N) is 2. The van der Waals surface area contributed by atoms with Gasteiger partial charge in [-0.1, -0.05) is 97.1 Å². The van der Waals surface area contributed by atoms with Gasteiger partial charge >= 0.3 is 0 Å². The van der Waals surface area contributed by atoms with Gasteiger partial charge in [-0.25, -0.2) is 0 Å². The number of fused-ring (bicyclic) bond motifs is 3. The van der Waals surface area contributed by atoms with Crippen molar-refractivity contribution in [3.63, 3.8) is 0 Å². The van der Waals surface area contributed by atoms with Crippen LogP contribution in [0.1, 0.15) is 11.1 Å². The molecule has 226 valence electrons. The van der Waals surface area contributed by atoms with Crippen LogP contribution < -0.4 is 9.80 Å². The molecule has 1 aromatic heterocycles. The summed E-state index contributed by atoms with van der Waals surface area (Å²) in [5, 5.41) is 2.61. The molecule has 0 aliphatic heterocycles. The maximum atomic E-state index is 2.40. The first kappa shape index (κ1) is 28.8. The Morgan fingerprint density at radius 3 is 1.55 bits per heavy atom. The molecule has 2 nitrogen and oxygen atoms in total. The van der Waals surface area contributed by atoms with E-state index in [4.69, 9.17) is 0 Å². The SMILES string of the molecule is Cc1ccccc1-c1ccc(N(c2cccc(N(c3ccccc3)c3ccccc3)c2)c2ccc3c(c2)sc2ccccc23)cc1C. The van der Waals surface area contributed by atoms with Gasteiger partial charge in [-0.2, -0.15) is 0 Å². The number of aryl methyl sites for hydroxylation is 2. The third-order valence-corrected chi connectivity index (χ3v) is 10.0. The van der Waals surface area contributed by atoms with E-state index in [1.165, 1.54) is 42.4 Å². The van der Waals surface area contributed by atoms with E-state index in [1.54, 1.807) is 0 Å². The standard InChI is InChI=1S/C44H34N2S/c1-31-14-9-10-21-39(31)40-26-24-37(28-32(40)2)46(38-25-27-42-41-22-11-12-23-43(41)47-44(42)30-38)36-20-13-19-35(29-36)45(33-15-5-3-6-16-33)34-17-7-4-8-18-34/h3-30H,1-2H3. The first-order valence-corrected chi connectivity index (χ1v) is 16.8. The van der Waals surface area contributed by atoms with Gasteiger partial charge in [0.1, 0.15) is 0 Å². The normalized spacial score (nSPS) is 11.2. The highest BCUT2D eigenvalue weighted by molar-refractivity contribution is 7.25. The Bertz CT molecular complexity index is 2300. The number of para-hydroxylation sites is 2. The summed E-state index contributed by atoms with van der Waals surface area (Å²) in [6.45, 7) is 4.41. The molecular weight excluding hydrogens is 589 g/mol. The van der Waals surface area contributed by atoms with Crippen molar-refractivity contribution in [1.29, 1.82) is 0 Å². The number of benzene rings is 7. The predicted molar refractivity (Wildman–Crippen MR) is 204 cm³/mol. The zero-order valence-electron chi connectivity index (χ0n) is 26.5. The summed E-state index contributed by atoms with van der Waals surface area (Å²) in [6.07, 6.45) is 0. The molecule has 0 fully saturated rings. The number of anilines is 6. The molecule has 0 saturated carbocycles. The van der Waals surface area contributed by atoms with E-state index in [0.717, 1.165) is 34.1 Å². The zero-order valence-corrected chi connectivity index (χ0v) is 27.3. The van der Waals surface area contributed by atoms with Gasteiger partial charge in [-0.05, 0) is 109 Å². The van der Waals surface area contributed by atoms with Crippen molar-refractivity contribution < 1.29 is 0 Å². The van der Waals surface area contributed by atoms with E-state index in [1.807, 2.05) is 11.3 Å². The summed E-state index contributed by atoms with van der Waals surface area (Å²) in [6, 6.07) is 61.2. The molecule has 0 aliphatic carbocycles. The Labute approximate surface area is 280 Å². The fraction of sp³-hybridized carbons (Fsp3) is 0.0455. The Kier molecular flexibility index (Phi) is 7.53. The zero-order chi connectivity index (χ0) is 31.7. The topological polar surface area (TPSA) is 6.48 Å². The number of hydrogen-bond acceptors (Lipinski definition) is 3. The molecule has 0 saturated heterocycles. The maximum Gasteiger partial charge on any atom is 0.0482 e. The molecule has 7 aromatic carbocycles. The van der Waals surface area contributed by atoms with Gasteiger partial charge in [-0.3, -0.25) is 0 Å². The Hall–Kier alpha value is -5.64. The van der Waals surface area contributed by atoms with Crippen LogP contribution in [0.4, 0.5) is 34.1 Å². The highest BCUT2D eigenvalue weighted by Gasteiger charge is 2.19. The van der Waals surface area contributed by atoms with E-state index in [9.17, 15) is 0 Å². The van der Waals surface area contributed by atoms with Crippen molar-refractivity contribution in [2.24, 2.45) is 0 Å². The van der Waals surface area contributed by atoms with Gasteiger partial charge in [0.2, 0.25) is 0 Å². The van der Waals surface area contributed by atoms with Gasteiger partial charge in [0.25, 0.3) is 0 Å². The summed E-state index contributed by atoms with van der Waals surface area (Å²) >= 11 is 1.86. The van der Waals surface area contributed by atoms with Gasteiger partial charge < -0.3 is 9.80 Å². The van der Waals surface area contributed by atoms with Crippen LogP contribution in [0.25, 0.3) is 31.3 Å². The third kappa shape index (κ3) is 5.45. The van der Waals surface area contributed by atoms with Crippen LogP contribution >= 0.6 is 11.3 Å². The van der Waals surface area contributed by atoms with Crippen molar-refractivity contribution >= 4 is 65.6 Å². The first-order valence-electron chi connectivity index (χ1n) is 16.0. The van der Waals surface area contributed by atoms with Crippen LogP contribution in [0.15, 0.2) is 170 Å². The monoisotopic (exact) mass is 622 g/mol. The van der Waals surface area contributed by atoms with Crippen LogP contribution in [0, 0.1) is 13.8 Å². The van der Waals surface area contributed by atoms with Gasteiger partial charge in [0, 0.05) is 54.3 Å². The predicted octanol–water partition coefficient (Wildman–Crippen LogP) is 13.3. The Morgan fingerprint density at radius 1 is 0.340 bits per heavy atom. The maximum absolute atomic E-state index is 2.40. The van der Waals surface area contributed by atoms with Gasteiger partial charge in [-0.15, -0.1) is 11.3 Å². The lowest BCUT2D eigenvalue weighted by Crippen LogP contribution is -2.13. The molecule has 8 rings (SSSR count). The highest BCUT2D eigenvalue weighted by Crippen LogP contribution is 2.43. The summed E-state index contributed by atoms with van der Waals surface area (Å²) in [7, 11) is 0. The fourth-order valence-corrected chi connectivity index (χ4v) is 7.78. The molecule has 0 aliphatic rings. The second-order valence-corrected chi connectivity index (χ2v) is 13.0. The van der Waals surface area contributed by atoms with E-state index in [2.05, 4.69) is 194 Å². The average molecular weight is 623 g/mol. The van der Waals surface area contributed by atoms with E-state index in [-0.39, 0.29) is 0 Å². The first-order chi connectivity index (χ1) is 23.1. The van der Waals surface area contributed by atoms with Gasteiger partial charge in [0.05, 0.1) is 0 Å². The molecule has 3 heteroatoms. The smallest absolute Gasteiger partial charge is 0.0482 e. The quantitative estimate of drug-likeness (QED) is 0.174. The molecule has 0 spiro atoms. The Balaban J connectivity index is 1.30. The van der Waals surface area contributed by atoms with Crippen molar-refractivity contribution in [1.82, 2.24) is 0 Å². The summed E-state index contributed by atoms with van der Waals surface area (Å²) < 4.78 is 2.60. The van der Waals surface area contributed by atoms with Crippen molar-refractivity contribution in [3.05, 3.63) is 181 Å². The largest absolute Gasteiger partial charge is 0.310 e. The van der Waals surface area contributed by atoms with Crippen molar-refractivity contribution in [2.75, 3.05) is 9.80 Å². The number of rotatable bonds is 7. The molecule has 0 unspecified atom stereocenters. The molecule has 0 amide bonds.